The van der Waals surface area contributed by atoms with E-state index in [4.69, 9.17) is 28.9 Å². The first-order valence-electron chi connectivity index (χ1n) is 18.5. The number of carboxylic acids is 1. The molecule has 52 heavy (non-hydrogen) atoms. The Bertz CT molecular complexity index is 1680. The quantitative estimate of drug-likeness (QED) is 0.278. The molecule has 11 heteroatoms. The molecule has 1 heterocycles. The number of ether oxygens (including phenoxy) is 5. The first kappa shape index (κ1) is 39.3. The number of nitrogens with zero attached hydrogens (tertiary/aromatic N) is 3. The molecule has 5 fully saturated rings. The van der Waals surface area contributed by atoms with Crippen LogP contribution in [0.4, 0.5) is 0 Å². The van der Waals surface area contributed by atoms with Crippen molar-refractivity contribution in [1.29, 1.82) is 15.8 Å². The van der Waals surface area contributed by atoms with Crippen LogP contribution in [0.25, 0.3) is 0 Å². The number of aliphatic carboxylic acids is 1. The van der Waals surface area contributed by atoms with Gasteiger partial charge in [0.15, 0.2) is 29.1 Å². The number of carboxylic acid groups (broad SMARTS) is 1. The maximum absolute atomic E-state index is 11.1. The number of carbonyl (C=O) groups is 1. The second-order valence-electron chi connectivity index (χ2n) is 15.0. The molecule has 1 aliphatic heterocycles. The molecule has 1 saturated heterocycles. The third-order valence-electron chi connectivity index (χ3n) is 12.1. The zero-order valence-electron chi connectivity index (χ0n) is 30.8. The summed E-state index contributed by atoms with van der Waals surface area (Å²) in [5.74, 6) is 1.36. The normalized spacial score (nSPS) is 29.6. The van der Waals surface area contributed by atoms with Crippen molar-refractivity contribution in [3.8, 4) is 41.2 Å². The SMILES string of the molecule is COc1ccc(C2(C#N)CCC(C(=O)[O-])CC2)cc1OC1CCCC1.COc1ccc(C2(C#N)CCC3(CC2)OC3C#N)cc1OC1CCCC1.[Li+]. The van der Waals surface area contributed by atoms with Crippen LogP contribution in [0, 0.1) is 39.9 Å². The van der Waals surface area contributed by atoms with Gasteiger partial charge in [-0.05, 0) is 144 Å². The summed E-state index contributed by atoms with van der Waals surface area (Å²) in [6.07, 6.45) is 14.1. The second-order valence-corrected chi connectivity index (χ2v) is 15.0. The summed E-state index contributed by atoms with van der Waals surface area (Å²) in [5, 5.41) is 40.0. The molecule has 5 aliphatic rings. The van der Waals surface area contributed by atoms with Gasteiger partial charge in [0.05, 0.1) is 55.5 Å². The van der Waals surface area contributed by atoms with Gasteiger partial charge in [0.25, 0.3) is 0 Å². The molecule has 0 amide bonds. The zero-order valence-corrected chi connectivity index (χ0v) is 30.8. The van der Waals surface area contributed by atoms with Gasteiger partial charge < -0.3 is 33.6 Å². The summed E-state index contributed by atoms with van der Waals surface area (Å²) in [4.78, 5) is 11.1. The molecule has 0 N–H and O–H groups in total. The molecular formula is C41H48LiN3O7. The predicted molar refractivity (Wildman–Crippen MR) is 185 cm³/mol. The number of epoxide rings is 1. The van der Waals surface area contributed by atoms with Crippen LogP contribution in [0.15, 0.2) is 36.4 Å². The topological polar surface area (TPSA) is 161 Å². The van der Waals surface area contributed by atoms with Gasteiger partial charge in [-0.2, -0.15) is 15.8 Å². The van der Waals surface area contributed by atoms with E-state index in [1.165, 1.54) is 25.7 Å². The van der Waals surface area contributed by atoms with Crippen LogP contribution >= 0.6 is 0 Å². The van der Waals surface area contributed by atoms with Gasteiger partial charge in [-0.1, -0.05) is 12.1 Å². The van der Waals surface area contributed by atoms with Crippen molar-refractivity contribution in [3.05, 3.63) is 47.5 Å². The Kier molecular flexibility index (Phi) is 12.8. The minimum Gasteiger partial charge on any atom is -0.550 e. The average Bonchev–Trinajstić information content (AvgIpc) is 3.48. The van der Waals surface area contributed by atoms with E-state index in [0.717, 1.165) is 61.2 Å². The largest absolute Gasteiger partial charge is 1.00 e. The van der Waals surface area contributed by atoms with Gasteiger partial charge >= 0.3 is 18.9 Å². The maximum Gasteiger partial charge on any atom is 1.00 e. The molecule has 2 aromatic rings. The van der Waals surface area contributed by atoms with E-state index in [1.807, 2.05) is 36.4 Å². The molecule has 7 rings (SSSR count). The fourth-order valence-corrected chi connectivity index (χ4v) is 8.61. The number of hydrogen-bond donors (Lipinski definition) is 0. The van der Waals surface area contributed by atoms with E-state index in [0.29, 0.717) is 50.0 Å². The van der Waals surface area contributed by atoms with Crippen molar-refractivity contribution < 1.29 is 52.4 Å². The van der Waals surface area contributed by atoms with Crippen molar-refractivity contribution in [2.24, 2.45) is 5.92 Å². The summed E-state index contributed by atoms with van der Waals surface area (Å²) in [6.45, 7) is 0. The molecule has 0 bridgehead atoms. The van der Waals surface area contributed by atoms with Crippen LogP contribution in [0.2, 0.25) is 0 Å². The van der Waals surface area contributed by atoms with E-state index in [-0.39, 0.29) is 42.8 Å². The summed E-state index contributed by atoms with van der Waals surface area (Å²) in [6, 6.07) is 18.8. The molecule has 270 valence electrons. The molecule has 1 unspecified atom stereocenters. The van der Waals surface area contributed by atoms with Crippen molar-refractivity contribution in [1.82, 2.24) is 0 Å². The molecule has 0 radical (unpaired) electrons. The summed E-state index contributed by atoms with van der Waals surface area (Å²) >= 11 is 0. The maximum atomic E-state index is 11.1. The van der Waals surface area contributed by atoms with E-state index >= 15 is 0 Å². The number of methoxy groups -OCH3 is 2. The van der Waals surface area contributed by atoms with Crippen LogP contribution < -0.4 is 42.9 Å². The fraction of sp³-hybridized carbons (Fsp3) is 0.610. The standard InChI is InChI=1S/C21H24N2O3.C20H25NO4.Li/c1-24-17-7-6-15(12-18(17)25-16-4-2-3-5-16)20(14-23)8-10-21(11-9-20)19(13-22)26-21;1-24-17-7-6-15(12-18(17)25-16-4-2-3-5-16)20(13-21)10-8-14(9-11-20)19(22)23;/h6-7,12,16,19H,2-5,8-11H2,1H3;6-7,12,14,16H,2-5,8-11H2,1H3,(H,22,23);/q;;+1/p-1. The molecular weight excluding hydrogens is 653 g/mol. The van der Waals surface area contributed by atoms with Gasteiger partial charge in [-0.15, -0.1) is 0 Å². The molecule has 4 saturated carbocycles. The Labute approximate surface area is 319 Å². The summed E-state index contributed by atoms with van der Waals surface area (Å²) < 4.78 is 28.8. The van der Waals surface area contributed by atoms with E-state index < -0.39 is 22.7 Å². The molecule has 1 spiro atoms. The van der Waals surface area contributed by atoms with Crippen LogP contribution in [0.5, 0.6) is 23.0 Å². The summed E-state index contributed by atoms with van der Waals surface area (Å²) in [5.41, 5.74) is 0.368. The van der Waals surface area contributed by atoms with Gasteiger partial charge in [-0.3, -0.25) is 0 Å². The van der Waals surface area contributed by atoms with Crippen molar-refractivity contribution in [3.63, 3.8) is 0 Å². The first-order chi connectivity index (χ1) is 24.7. The minimum atomic E-state index is -1.01. The van der Waals surface area contributed by atoms with Gasteiger partial charge in [-0.25, -0.2) is 0 Å². The first-order valence-corrected chi connectivity index (χ1v) is 18.5. The van der Waals surface area contributed by atoms with Gasteiger partial charge in [0.2, 0.25) is 0 Å². The van der Waals surface area contributed by atoms with Gasteiger partial charge in [0.1, 0.15) is 5.60 Å². The number of carbonyl (C=O) groups excluding carboxylic acids is 1. The number of rotatable bonds is 9. The second kappa shape index (κ2) is 16.9. The molecule has 4 aliphatic carbocycles. The van der Waals surface area contributed by atoms with E-state index in [9.17, 15) is 20.4 Å². The van der Waals surface area contributed by atoms with Crippen LogP contribution in [-0.4, -0.2) is 44.1 Å². The van der Waals surface area contributed by atoms with E-state index in [2.05, 4.69) is 18.2 Å². The summed E-state index contributed by atoms with van der Waals surface area (Å²) in [7, 11) is 3.26. The Balaban J connectivity index is 0.000000197. The van der Waals surface area contributed by atoms with Crippen molar-refractivity contribution in [2.75, 3.05) is 14.2 Å². The van der Waals surface area contributed by atoms with Crippen LogP contribution in [0.1, 0.15) is 114 Å². The predicted octanol–water partition coefficient (Wildman–Crippen LogP) is 3.74. The number of nitriles is 3. The average molecular weight is 702 g/mol. The third kappa shape index (κ3) is 8.19. The molecule has 10 nitrogen and oxygen atoms in total. The smallest absolute Gasteiger partial charge is 0.550 e. The molecule has 0 aromatic heterocycles. The Morgan fingerprint density at radius 2 is 1.13 bits per heavy atom. The van der Waals surface area contributed by atoms with Crippen LogP contribution in [0.3, 0.4) is 0 Å². The fourth-order valence-electron chi connectivity index (χ4n) is 8.61. The molecule has 1 atom stereocenters. The minimum absolute atomic E-state index is 0. The monoisotopic (exact) mass is 701 g/mol. The number of hydrogen-bond acceptors (Lipinski definition) is 10. The van der Waals surface area contributed by atoms with Crippen molar-refractivity contribution >= 4 is 5.97 Å². The van der Waals surface area contributed by atoms with Crippen molar-refractivity contribution in [2.45, 2.75) is 137 Å². The van der Waals surface area contributed by atoms with Gasteiger partial charge in [0, 0.05) is 5.97 Å². The third-order valence-corrected chi connectivity index (χ3v) is 12.1. The Morgan fingerprint density at radius 3 is 1.50 bits per heavy atom. The molecule has 2 aromatic carbocycles. The number of benzene rings is 2. The Morgan fingerprint density at radius 1 is 0.692 bits per heavy atom. The van der Waals surface area contributed by atoms with Crippen LogP contribution in [-0.2, 0) is 20.4 Å². The zero-order chi connectivity index (χ0) is 36.1. The Hall–Kier alpha value is -3.86. The van der Waals surface area contributed by atoms with E-state index in [1.54, 1.807) is 14.2 Å².